The maximum atomic E-state index is 4.62. The van der Waals surface area contributed by atoms with Crippen LogP contribution in [0.25, 0.3) is 46.4 Å². The van der Waals surface area contributed by atoms with Crippen LogP contribution in [0.2, 0.25) is 0 Å². The Kier molecular flexibility index (Phi) is 6.50. The molecule has 3 aromatic heterocycles. The van der Waals surface area contributed by atoms with Gasteiger partial charge in [-0.1, -0.05) is 0 Å². The fourth-order valence-corrected chi connectivity index (χ4v) is 2.94. The second-order valence-electron chi connectivity index (χ2n) is 5.91. The van der Waals surface area contributed by atoms with E-state index < -0.39 is 0 Å². The average Bonchev–Trinajstić information content (AvgIpc) is 3.32. The largest absolute Gasteiger partial charge is 0.355 e. The maximum Gasteiger partial charge on any atom is 0.0659 e. The Morgan fingerprint density at radius 3 is 1.19 bits per heavy atom. The molecule has 0 radical (unpaired) electrons. The third kappa shape index (κ3) is 4.42. The fourth-order valence-electron chi connectivity index (χ4n) is 2.94. The van der Waals surface area contributed by atoms with Crippen LogP contribution in [0.5, 0.6) is 0 Å². The summed E-state index contributed by atoms with van der Waals surface area (Å²) in [6.45, 7) is 0. The lowest BCUT2D eigenvalue weighted by Crippen LogP contribution is -1.77. The van der Waals surface area contributed by atoms with Crippen molar-refractivity contribution in [3.8, 4) is 0 Å². The van der Waals surface area contributed by atoms with Gasteiger partial charge in [-0.2, -0.15) is 0 Å². The lowest BCUT2D eigenvalue weighted by molar-refractivity contribution is 1.28. The normalized spacial score (nSPS) is 11.3. The Labute approximate surface area is 174 Å². The number of hydrogen-bond donors (Lipinski definition) is 2. The molecule has 0 aliphatic carbocycles. The first kappa shape index (κ1) is 20.8. The molecule has 8 bridgehead atoms. The van der Waals surface area contributed by atoms with Crippen molar-refractivity contribution in [3.05, 3.63) is 71.3 Å². The van der Waals surface area contributed by atoms with Crippen molar-refractivity contribution in [2.45, 2.75) is 0 Å². The van der Waals surface area contributed by atoms with Crippen molar-refractivity contribution in [1.29, 1.82) is 0 Å². The van der Waals surface area contributed by atoms with Gasteiger partial charge < -0.3 is 9.97 Å². The van der Waals surface area contributed by atoms with Gasteiger partial charge in [0.1, 0.15) is 0 Å². The fraction of sp³-hybridized carbons (Fsp3) is 0. The highest BCUT2D eigenvalue weighted by Gasteiger charge is 2.02. The second kappa shape index (κ2) is 8.44. The van der Waals surface area contributed by atoms with Gasteiger partial charge in [-0.15, -0.1) is 37.2 Å². The van der Waals surface area contributed by atoms with E-state index in [2.05, 4.69) is 50.3 Å². The lowest BCUT2D eigenvalue weighted by Gasteiger charge is -1.86. The smallest absolute Gasteiger partial charge is 0.0659 e. The van der Waals surface area contributed by atoms with Gasteiger partial charge >= 0.3 is 0 Å². The molecular weight excluding hydrogens is 403 g/mol. The van der Waals surface area contributed by atoms with Crippen molar-refractivity contribution in [1.82, 2.24) is 19.9 Å². The topological polar surface area (TPSA) is 57.4 Å². The molecule has 2 aliphatic rings. The molecule has 3 aromatic rings. The summed E-state index contributed by atoms with van der Waals surface area (Å²) in [5, 5.41) is 0. The van der Waals surface area contributed by atoms with E-state index in [0.29, 0.717) is 0 Å². The van der Waals surface area contributed by atoms with E-state index in [9.17, 15) is 0 Å². The summed E-state index contributed by atoms with van der Waals surface area (Å²) < 4.78 is 0. The molecule has 0 spiro atoms. The van der Waals surface area contributed by atoms with Crippen LogP contribution in [-0.2, 0) is 0 Å². The lowest BCUT2D eigenvalue weighted by atomic mass is 10.3. The van der Waals surface area contributed by atoms with Crippen LogP contribution >= 0.6 is 37.2 Å². The summed E-state index contributed by atoms with van der Waals surface area (Å²) in [6, 6.07) is 16.4. The number of nitrogens with one attached hydrogen (secondary N) is 2. The number of fused-ring (bicyclic) bond motifs is 8. The quantitative estimate of drug-likeness (QED) is 0.327. The molecule has 0 fully saturated rings. The minimum absolute atomic E-state index is 0. The van der Waals surface area contributed by atoms with E-state index in [1.54, 1.807) is 0 Å². The molecule has 4 nitrogen and oxygen atoms in total. The van der Waals surface area contributed by atoms with Crippen LogP contribution in [0.1, 0.15) is 22.8 Å². The van der Waals surface area contributed by atoms with Crippen molar-refractivity contribution in [3.63, 3.8) is 0 Å². The zero-order valence-corrected chi connectivity index (χ0v) is 16.5. The van der Waals surface area contributed by atoms with Gasteiger partial charge in [-0.05, 0) is 72.8 Å². The number of aromatic amines is 2. The third-order valence-corrected chi connectivity index (χ3v) is 4.04. The van der Waals surface area contributed by atoms with Crippen LogP contribution in [0, 0.1) is 0 Å². The zero-order chi connectivity index (χ0) is 15.9. The first-order chi connectivity index (χ1) is 11.8. The summed E-state index contributed by atoms with van der Waals surface area (Å²) in [6.07, 6.45) is 8.05. The summed E-state index contributed by atoms with van der Waals surface area (Å²) in [5.74, 6) is 0. The van der Waals surface area contributed by atoms with E-state index in [-0.39, 0.29) is 37.2 Å². The average molecular weight is 420 g/mol. The molecule has 0 saturated heterocycles. The molecule has 2 N–H and O–H groups in total. The molecule has 7 heteroatoms. The van der Waals surface area contributed by atoms with Gasteiger partial charge in [0, 0.05) is 22.1 Å². The Bertz CT molecular complexity index is 1080. The third-order valence-electron chi connectivity index (χ3n) is 4.04. The molecule has 2 aliphatic heterocycles. The van der Waals surface area contributed by atoms with Gasteiger partial charge in [0.2, 0.25) is 0 Å². The molecule has 138 valence electrons. The van der Waals surface area contributed by atoms with Crippen LogP contribution in [-0.4, -0.2) is 19.9 Å². The van der Waals surface area contributed by atoms with E-state index in [1.165, 1.54) is 0 Å². The molecule has 0 saturated carbocycles. The monoisotopic (exact) mass is 418 g/mol. The number of halogens is 3. The van der Waals surface area contributed by atoms with E-state index in [4.69, 9.17) is 0 Å². The molecular formula is C20H17Cl3N4. The van der Waals surface area contributed by atoms with Gasteiger partial charge in [-0.25, -0.2) is 9.97 Å². The Morgan fingerprint density at radius 2 is 0.778 bits per heavy atom. The number of H-pyrrole nitrogens is 2. The van der Waals surface area contributed by atoms with Crippen LogP contribution in [0.3, 0.4) is 0 Å². The SMILES string of the molecule is C1=Cc2cc3ccc(cc4ccc(cc5nc(cc1n2)C=C5)[nH]4)[nH]3.Cl.Cl.Cl. The van der Waals surface area contributed by atoms with Gasteiger partial charge in [0.05, 0.1) is 22.8 Å². The predicted molar refractivity (Wildman–Crippen MR) is 121 cm³/mol. The highest BCUT2D eigenvalue weighted by molar-refractivity contribution is 5.86. The van der Waals surface area contributed by atoms with Crippen molar-refractivity contribution >= 4 is 83.6 Å². The van der Waals surface area contributed by atoms with Crippen LogP contribution < -0.4 is 0 Å². The minimum Gasteiger partial charge on any atom is -0.355 e. The second-order valence-corrected chi connectivity index (χ2v) is 5.91. The first-order valence-electron chi connectivity index (χ1n) is 7.85. The van der Waals surface area contributed by atoms with Crippen molar-refractivity contribution in [2.75, 3.05) is 0 Å². The van der Waals surface area contributed by atoms with E-state index >= 15 is 0 Å². The van der Waals surface area contributed by atoms with Crippen molar-refractivity contribution in [2.24, 2.45) is 0 Å². The number of hydrogen-bond acceptors (Lipinski definition) is 2. The molecule has 0 atom stereocenters. The molecule has 0 unspecified atom stereocenters. The van der Waals surface area contributed by atoms with E-state index in [1.807, 2.05) is 42.5 Å². The van der Waals surface area contributed by atoms with E-state index in [0.717, 1.165) is 44.8 Å². The predicted octanol–water partition coefficient (Wildman–Crippen LogP) is 5.92. The number of rotatable bonds is 0. The molecule has 0 aromatic carbocycles. The van der Waals surface area contributed by atoms with Crippen LogP contribution in [0.4, 0.5) is 0 Å². The minimum atomic E-state index is 0. The summed E-state index contributed by atoms with van der Waals surface area (Å²) in [5.41, 5.74) is 7.86. The molecule has 27 heavy (non-hydrogen) atoms. The molecule has 0 amide bonds. The first-order valence-corrected chi connectivity index (χ1v) is 7.85. The Hall–Kier alpha value is -2.53. The van der Waals surface area contributed by atoms with Gasteiger partial charge in [-0.3, -0.25) is 0 Å². The van der Waals surface area contributed by atoms with Gasteiger partial charge in [0.25, 0.3) is 0 Å². The Morgan fingerprint density at radius 1 is 0.444 bits per heavy atom. The van der Waals surface area contributed by atoms with Crippen molar-refractivity contribution < 1.29 is 0 Å². The maximum absolute atomic E-state index is 4.62. The standard InChI is InChI=1S/C20H14N4.3ClH/c1-2-14-10-16-5-6-18(23-16)12-20-8-7-19(24-20)11-17-4-3-15(22-17)9-13(1)21-14;;;/h1-12,21-22H;3*1H. The zero-order valence-electron chi connectivity index (χ0n) is 14.0. The summed E-state index contributed by atoms with van der Waals surface area (Å²) >= 11 is 0. The highest BCUT2D eigenvalue weighted by Crippen LogP contribution is 2.17. The highest BCUT2D eigenvalue weighted by atomic mass is 35.5. The Balaban J connectivity index is 0.000000871. The summed E-state index contributed by atoms with van der Waals surface area (Å²) in [7, 11) is 0. The molecule has 5 rings (SSSR count). The number of aromatic nitrogens is 4. The van der Waals surface area contributed by atoms with Crippen LogP contribution in [0.15, 0.2) is 48.5 Å². The summed E-state index contributed by atoms with van der Waals surface area (Å²) in [4.78, 5) is 16.0. The molecule has 5 heterocycles. The number of nitrogens with zero attached hydrogens (tertiary/aromatic N) is 2. The van der Waals surface area contributed by atoms with Gasteiger partial charge in [0.15, 0.2) is 0 Å².